The lowest BCUT2D eigenvalue weighted by Gasteiger charge is -2.11. The van der Waals surface area contributed by atoms with Crippen LogP contribution in [0.15, 0.2) is 18.2 Å². The molecule has 0 spiro atoms. The molecule has 1 aromatic carbocycles. The Morgan fingerprint density at radius 3 is 2.82 bits per heavy atom. The predicted octanol–water partition coefficient (Wildman–Crippen LogP) is 1.59. The molecule has 90 valence electrons. The number of carbonyl (C=O) groups is 1. The molecule has 0 heterocycles. The molecule has 0 bridgehead atoms. The number of hydrogen-bond acceptors (Lipinski definition) is 3. The largest absolute Gasteiger partial charge is 0.384 e. The molecule has 5 heteroatoms. The van der Waals surface area contributed by atoms with E-state index < -0.39 is 5.82 Å². The SMILES string of the molecule is CN(C)C(=O)CCNc1ccc(F)c(C#N)c1. The van der Waals surface area contributed by atoms with Crippen molar-refractivity contribution in [3.05, 3.63) is 29.6 Å². The summed E-state index contributed by atoms with van der Waals surface area (Å²) in [6.07, 6.45) is 0.353. The van der Waals surface area contributed by atoms with E-state index in [1.165, 1.54) is 23.1 Å². The van der Waals surface area contributed by atoms with Crippen LogP contribution in [0.4, 0.5) is 10.1 Å². The van der Waals surface area contributed by atoms with Gasteiger partial charge in [-0.3, -0.25) is 4.79 Å². The van der Waals surface area contributed by atoms with Gasteiger partial charge < -0.3 is 10.2 Å². The molecular weight excluding hydrogens is 221 g/mol. The topological polar surface area (TPSA) is 56.1 Å². The lowest BCUT2D eigenvalue weighted by molar-refractivity contribution is -0.128. The molecule has 1 N–H and O–H groups in total. The summed E-state index contributed by atoms with van der Waals surface area (Å²) in [5.74, 6) is -0.525. The first kappa shape index (κ1) is 13.0. The van der Waals surface area contributed by atoms with Crippen molar-refractivity contribution in [1.82, 2.24) is 4.90 Å². The van der Waals surface area contributed by atoms with Gasteiger partial charge in [0.2, 0.25) is 5.91 Å². The minimum absolute atomic E-state index is 0.00561. The van der Waals surface area contributed by atoms with Gasteiger partial charge in [0.1, 0.15) is 11.9 Å². The third kappa shape index (κ3) is 3.76. The highest BCUT2D eigenvalue weighted by molar-refractivity contribution is 5.76. The molecular formula is C12H14FN3O. The normalized spacial score (nSPS) is 9.53. The highest BCUT2D eigenvalue weighted by Gasteiger charge is 2.05. The van der Waals surface area contributed by atoms with E-state index in [1.807, 2.05) is 0 Å². The molecule has 0 saturated carbocycles. The van der Waals surface area contributed by atoms with Gasteiger partial charge in [-0.2, -0.15) is 5.26 Å². The van der Waals surface area contributed by atoms with Gasteiger partial charge in [-0.25, -0.2) is 4.39 Å². The van der Waals surface area contributed by atoms with E-state index in [0.29, 0.717) is 18.7 Å². The fraction of sp³-hybridized carbons (Fsp3) is 0.333. The van der Waals surface area contributed by atoms with Crippen molar-refractivity contribution < 1.29 is 9.18 Å². The molecule has 0 saturated heterocycles. The minimum atomic E-state index is -0.539. The van der Waals surface area contributed by atoms with Crippen LogP contribution < -0.4 is 5.32 Å². The number of amides is 1. The summed E-state index contributed by atoms with van der Waals surface area (Å²) < 4.78 is 13.0. The fourth-order valence-corrected chi connectivity index (χ4v) is 1.26. The van der Waals surface area contributed by atoms with E-state index in [2.05, 4.69) is 5.32 Å². The Hall–Kier alpha value is -2.09. The Labute approximate surface area is 99.7 Å². The molecule has 1 rings (SSSR count). The van der Waals surface area contributed by atoms with Crippen molar-refractivity contribution in [3.8, 4) is 6.07 Å². The van der Waals surface area contributed by atoms with Crippen LogP contribution in [0.1, 0.15) is 12.0 Å². The number of carbonyl (C=O) groups excluding carboxylic acids is 1. The van der Waals surface area contributed by atoms with Crippen LogP contribution in [0.25, 0.3) is 0 Å². The Balaban J connectivity index is 2.53. The molecule has 0 aliphatic carbocycles. The van der Waals surface area contributed by atoms with E-state index in [9.17, 15) is 9.18 Å². The monoisotopic (exact) mass is 235 g/mol. The van der Waals surface area contributed by atoms with Crippen LogP contribution in [0.3, 0.4) is 0 Å². The molecule has 4 nitrogen and oxygen atoms in total. The summed E-state index contributed by atoms with van der Waals surface area (Å²) >= 11 is 0. The smallest absolute Gasteiger partial charge is 0.223 e. The summed E-state index contributed by atoms with van der Waals surface area (Å²) in [5.41, 5.74) is 0.628. The Bertz CT molecular complexity index is 452. The molecule has 1 amide bonds. The van der Waals surface area contributed by atoms with Crippen molar-refractivity contribution in [1.29, 1.82) is 5.26 Å². The van der Waals surface area contributed by atoms with E-state index in [0.717, 1.165) is 0 Å². The Morgan fingerprint density at radius 2 is 2.24 bits per heavy atom. The zero-order valence-electron chi connectivity index (χ0n) is 9.83. The van der Waals surface area contributed by atoms with E-state index in [4.69, 9.17) is 5.26 Å². The number of halogens is 1. The van der Waals surface area contributed by atoms with Crippen molar-refractivity contribution in [2.24, 2.45) is 0 Å². The van der Waals surface area contributed by atoms with Gasteiger partial charge in [-0.05, 0) is 18.2 Å². The van der Waals surface area contributed by atoms with E-state index in [-0.39, 0.29) is 11.5 Å². The zero-order chi connectivity index (χ0) is 12.8. The fourth-order valence-electron chi connectivity index (χ4n) is 1.26. The highest BCUT2D eigenvalue weighted by Crippen LogP contribution is 2.13. The number of hydrogen-bond donors (Lipinski definition) is 1. The molecule has 17 heavy (non-hydrogen) atoms. The van der Waals surface area contributed by atoms with E-state index >= 15 is 0 Å². The van der Waals surface area contributed by atoms with Gasteiger partial charge >= 0.3 is 0 Å². The summed E-state index contributed by atoms with van der Waals surface area (Å²) in [5, 5.41) is 11.6. The standard InChI is InChI=1S/C12H14FN3O/c1-16(2)12(17)5-6-15-10-3-4-11(13)9(7-10)8-14/h3-4,7,15H,5-6H2,1-2H3. The van der Waals surface area contributed by atoms with Gasteiger partial charge in [0, 0.05) is 32.7 Å². The minimum Gasteiger partial charge on any atom is -0.384 e. The first-order valence-electron chi connectivity index (χ1n) is 5.18. The zero-order valence-corrected chi connectivity index (χ0v) is 9.83. The summed E-state index contributed by atoms with van der Waals surface area (Å²) in [4.78, 5) is 12.8. The number of nitriles is 1. The number of benzene rings is 1. The predicted molar refractivity (Wildman–Crippen MR) is 62.9 cm³/mol. The first-order valence-corrected chi connectivity index (χ1v) is 5.18. The molecule has 1 aromatic rings. The maximum absolute atomic E-state index is 13.0. The van der Waals surface area contributed by atoms with Gasteiger partial charge in [-0.1, -0.05) is 0 Å². The number of nitrogens with one attached hydrogen (secondary N) is 1. The maximum atomic E-state index is 13.0. The molecule has 0 unspecified atom stereocenters. The lowest BCUT2D eigenvalue weighted by Crippen LogP contribution is -2.23. The van der Waals surface area contributed by atoms with Crippen molar-refractivity contribution in [2.45, 2.75) is 6.42 Å². The Morgan fingerprint density at radius 1 is 1.53 bits per heavy atom. The molecule has 0 fully saturated rings. The molecule has 0 aromatic heterocycles. The average Bonchev–Trinajstić information content (AvgIpc) is 2.31. The number of rotatable bonds is 4. The summed E-state index contributed by atoms with van der Waals surface area (Å²) in [6.45, 7) is 0.452. The van der Waals surface area contributed by atoms with Gasteiger partial charge in [0.25, 0.3) is 0 Å². The van der Waals surface area contributed by atoms with Crippen LogP contribution in [0, 0.1) is 17.1 Å². The average molecular weight is 235 g/mol. The van der Waals surface area contributed by atoms with Crippen molar-refractivity contribution in [2.75, 3.05) is 26.0 Å². The first-order chi connectivity index (χ1) is 8.04. The van der Waals surface area contributed by atoms with Crippen LogP contribution in [-0.2, 0) is 4.79 Å². The molecule has 0 aliphatic rings. The van der Waals surface area contributed by atoms with Crippen LogP contribution in [0.2, 0.25) is 0 Å². The van der Waals surface area contributed by atoms with Crippen LogP contribution in [0.5, 0.6) is 0 Å². The van der Waals surface area contributed by atoms with Crippen LogP contribution in [-0.4, -0.2) is 31.4 Å². The third-order valence-electron chi connectivity index (χ3n) is 2.25. The maximum Gasteiger partial charge on any atom is 0.223 e. The van der Waals surface area contributed by atoms with E-state index in [1.54, 1.807) is 20.2 Å². The van der Waals surface area contributed by atoms with Crippen molar-refractivity contribution >= 4 is 11.6 Å². The molecule has 0 aliphatic heterocycles. The van der Waals surface area contributed by atoms with Gasteiger partial charge in [-0.15, -0.1) is 0 Å². The summed E-state index contributed by atoms with van der Waals surface area (Å²) in [6, 6.07) is 5.96. The quantitative estimate of drug-likeness (QED) is 0.862. The number of anilines is 1. The second kappa shape index (κ2) is 5.85. The lowest BCUT2D eigenvalue weighted by atomic mass is 10.2. The van der Waals surface area contributed by atoms with Gasteiger partial charge in [0.05, 0.1) is 5.56 Å². The number of nitrogens with zero attached hydrogens (tertiary/aromatic N) is 2. The molecule has 0 atom stereocenters. The Kier molecular flexibility index (Phi) is 4.46. The third-order valence-corrected chi connectivity index (χ3v) is 2.25. The second-order valence-corrected chi connectivity index (χ2v) is 3.77. The second-order valence-electron chi connectivity index (χ2n) is 3.77. The molecule has 0 radical (unpaired) electrons. The van der Waals surface area contributed by atoms with Crippen LogP contribution >= 0.6 is 0 Å². The highest BCUT2D eigenvalue weighted by atomic mass is 19.1. The van der Waals surface area contributed by atoms with Crippen molar-refractivity contribution in [3.63, 3.8) is 0 Å². The van der Waals surface area contributed by atoms with Gasteiger partial charge in [0.15, 0.2) is 0 Å². The summed E-state index contributed by atoms with van der Waals surface area (Å²) in [7, 11) is 3.38.